The van der Waals surface area contributed by atoms with Crippen molar-refractivity contribution in [2.45, 2.75) is 79.6 Å². The summed E-state index contributed by atoms with van der Waals surface area (Å²) in [7, 11) is 0. The minimum atomic E-state index is 0.117. The molecule has 116 valence electrons. The molecule has 0 saturated carbocycles. The third-order valence-corrected chi connectivity index (χ3v) is 3.45. The van der Waals surface area contributed by atoms with Crippen LogP contribution in [0, 0.1) is 6.92 Å². The van der Waals surface area contributed by atoms with Crippen LogP contribution < -0.4 is 5.32 Å². The Morgan fingerprint density at radius 3 is 2.45 bits per heavy atom. The molecule has 0 aromatic carbocycles. The Kier molecular flexibility index (Phi) is 6.28. The Morgan fingerprint density at radius 1 is 1.30 bits per heavy atom. The van der Waals surface area contributed by atoms with Gasteiger partial charge in [0.15, 0.2) is 0 Å². The molecule has 0 atom stereocenters. The van der Waals surface area contributed by atoms with Gasteiger partial charge in [-0.1, -0.05) is 6.92 Å². The van der Waals surface area contributed by atoms with Crippen LogP contribution in [-0.4, -0.2) is 23.0 Å². The zero-order chi connectivity index (χ0) is 15.3. The van der Waals surface area contributed by atoms with Crippen LogP contribution in [0.15, 0.2) is 10.5 Å². The molecule has 1 rings (SSSR count). The van der Waals surface area contributed by atoms with Crippen LogP contribution in [0.5, 0.6) is 0 Å². The Hall–Kier alpha value is -0.800. The second-order valence-corrected chi connectivity index (χ2v) is 6.99. The van der Waals surface area contributed by atoms with Crippen LogP contribution in [-0.2, 0) is 13.1 Å². The number of nitrogens with zero attached hydrogens (tertiary/aromatic N) is 1. The molecule has 0 spiro atoms. The highest BCUT2D eigenvalue weighted by Crippen LogP contribution is 2.18. The summed E-state index contributed by atoms with van der Waals surface area (Å²) in [6, 6.07) is 2.74. The van der Waals surface area contributed by atoms with Gasteiger partial charge < -0.3 is 9.73 Å². The van der Waals surface area contributed by atoms with Crippen molar-refractivity contribution in [1.29, 1.82) is 0 Å². The molecule has 1 heterocycles. The molecule has 0 amide bonds. The molecule has 0 aliphatic rings. The van der Waals surface area contributed by atoms with E-state index in [1.807, 2.05) is 0 Å². The minimum Gasteiger partial charge on any atom is -0.463 e. The van der Waals surface area contributed by atoms with E-state index in [0.717, 1.165) is 31.2 Å². The summed E-state index contributed by atoms with van der Waals surface area (Å²) in [6.07, 6.45) is 1.18. The van der Waals surface area contributed by atoms with Gasteiger partial charge in [-0.25, -0.2) is 0 Å². The van der Waals surface area contributed by atoms with Gasteiger partial charge in [-0.15, -0.1) is 0 Å². The van der Waals surface area contributed by atoms with Crippen LogP contribution in [0.2, 0.25) is 0 Å². The molecule has 0 unspecified atom stereocenters. The number of furan rings is 1. The molecule has 0 bridgehead atoms. The monoisotopic (exact) mass is 280 g/mol. The maximum Gasteiger partial charge on any atom is 0.120 e. The lowest BCUT2D eigenvalue weighted by Gasteiger charge is -2.24. The van der Waals surface area contributed by atoms with Gasteiger partial charge in [0.2, 0.25) is 0 Å². The lowest BCUT2D eigenvalue weighted by molar-refractivity contribution is 0.195. The Labute approximate surface area is 124 Å². The molecule has 3 nitrogen and oxygen atoms in total. The number of aryl methyl sites for hydroxylation is 1. The van der Waals surface area contributed by atoms with E-state index in [4.69, 9.17) is 4.42 Å². The van der Waals surface area contributed by atoms with E-state index in [9.17, 15) is 0 Å². The van der Waals surface area contributed by atoms with Gasteiger partial charge in [-0.3, -0.25) is 4.90 Å². The van der Waals surface area contributed by atoms with E-state index in [2.05, 4.69) is 64.7 Å². The van der Waals surface area contributed by atoms with Gasteiger partial charge in [-0.05, 0) is 66.1 Å². The highest BCUT2D eigenvalue weighted by molar-refractivity contribution is 5.20. The Balaban J connectivity index is 2.68. The molecule has 0 aliphatic heterocycles. The van der Waals surface area contributed by atoms with Crippen molar-refractivity contribution < 1.29 is 4.42 Å². The van der Waals surface area contributed by atoms with Gasteiger partial charge >= 0.3 is 0 Å². The van der Waals surface area contributed by atoms with E-state index in [1.54, 1.807) is 0 Å². The lowest BCUT2D eigenvalue weighted by Crippen LogP contribution is -2.35. The van der Waals surface area contributed by atoms with Crippen LogP contribution in [0.25, 0.3) is 0 Å². The summed E-state index contributed by atoms with van der Waals surface area (Å²) in [5, 5.41) is 3.49. The normalized spacial score (nSPS) is 12.7. The second kappa shape index (κ2) is 7.28. The summed E-state index contributed by atoms with van der Waals surface area (Å²) in [5.41, 5.74) is 1.36. The second-order valence-electron chi connectivity index (χ2n) is 6.99. The predicted molar refractivity (Wildman–Crippen MR) is 85.9 cm³/mol. The van der Waals surface area contributed by atoms with Crippen molar-refractivity contribution in [2.24, 2.45) is 0 Å². The van der Waals surface area contributed by atoms with Crippen molar-refractivity contribution in [1.82, 2.24) is 10.2 Å². The van der Waals surface area contributed by atoms with E-state index in [-0.39, 0.29) is 5.54 Å². The van der Waals surface area contributed by atoms with Crippen molar-refractivity contribution in [3.05, 3.63) is 23.2 Å². The average Bonchev–Trinajstić information content (AvgIpc) is 2.65. The molecule has 1 aromatic rings. The highest BCUT2D eigenvalue weighted by Gasteiger charge is 2.15. The molecular weight excluding hydrogens is 248 g/mol. The van der Waals surface area contributed by atoms with Gasteiger partial charge in [0.25, 0.3) is 0 Å². The van der Waals surface area contributed by atoms with Gasteiger partial charge in [0, 0.05) is 11.6 Å². The summed E-state index contributed by atoms with van der Waals surface area (Å²) >= 11 is 0. The number of hydrogen-bond acceptors (Lipinski definition) is 3. The van der Waals surface area contributed by atoms with Crippen molar-refractivity contribution in [2.75, 3.05) is 6.54 Å². The lowest BCUT2D eigenvalue weighted by atomic mass is 10.1. The zero-order valence-corrected chi connectivity index (χ0v) is 14.3. The first-order chi connectivity index (χ1) is 9.23. The average molecular weight is 280 g/mol. The summed E-state index contributed by atoms with van der Waals surface area (Å²) in [5.74, 6) is 2.14. The van der Waals surface area contributed by atoms with E-state index in [1.165, 1.54) is 12.0 Å². The minimum absolute atomic E-state index is 0.117. The molecular formula is C17H32N2O. The fourth-order valence-corrected chi connectivity index (χ4v) is 2.20. The number of nitrogens with one attached hydrogen (secondary N) is 1. The van der Waals surface area contributed by atoms with Crippen molar-refractivity contribution in [3.8, 4) is 0 Å². The third-order valence-electron chi connectivity index (χ3n) is 3.45. The summed E-state index contributed by atoms with van der Waals surface area (Å²) in [6.45, 7) is 18.2. The Bertz CT molecular complexity index is 402. The predicted octanol–water partition coefficient (Wildman–Crippen LogP) is 4.10. The van der Waals surface area contributed by atoms with Crippen LogP contribution >= 0.6 is 0 Å². The molecule has 0 radical (unpaired) electrons. The topological polar surface area (TPSA) is 28.4 Å². The third kappa shape index (κ3) is 5.68. The summed E-state index contributed by atoms with van der Waals surface area (Å²) < 4.78 is 6.03. The SMILES string of the molecule is CCCN(Cc1cc(C)c(CNC(C)(C)C)o1)C(C)C. The van der Waals surface area contributed by atoms with E-state index in [0.29, 0.717) is 6.04 Å². The van der Waals surface area contributed by atoms with Crippen LogP contribution in [0.3, 0.4) is 0 Å². The fraction of sp³-hybridized carbons (Fsp3) is 0.765. The van der Waals surface area contributed by atoms with Crippen LogP contribution in [0.1, 0.15) is 65.0 Å². The Morgan fingerprint density at radius 2 is 1.95 bits per heavy atom. The van der Waals surface area contributed by atoms with Crippen molar-refractivity contribution >= 4 is 0 Å². The molecule has 1 aromatic heterocycles. The summed E-state index contributed by atoms with van der Waals surface area (Å²) in [4.78, 5) is 2.46. The highest BCUT2D eigenvalue weighted by atomic mass is 16.3. The van der Waals surface area contributed by atoms with Gasteiger partial charge in [-0.2, -0.15) is 0 Å². The first kappa shape index (κ1) is 17.3. The smallest absolute Gasteiger partial charge is 0.120 e. The fourth-order valence-electron chi connectivity index (χ4n) is 2.20. The number of rotatable bonds is 7. The van der Waals surface area contributed by atoms with Gasteiger partial charge in [0.1, 0.15) is 11.5 Å². The van der Waals surface area contributed by atoms with Crippen molar-refractivity contribution in [3.63, 3.8) is 0 Å². The number of hydrogen-bond donors (Lipinski definition) is 1. The largest absolute Gasteiger partial charge is 0.463 e. The molecule has 20 heavy (non-hydrogen) atoms. The maximum atomic E-state index is 6.03. The quantitative estimate of drug-likeness (QED) is 0.815. The van der Waals surface area contributed by atoms with Crippen LogP contribution in [0.4, 0.5) is 0 Å². The first-order valence-electron chi connectivity index (χ1n) is 7.80. The van der Waals surface area contributed by atoms with E-state index >= 15 is 0 Å². The maximum absolute atomic E-state index is 6.03. The van der Waals surface area contributed by atoms with Gasteiger partial charge in [0.05, 0.1) is 13.1 Å². The molecule has 0 aliphatic carbocycles. The molecule has 0 saturated heterocycles. The molecule has 1 N–H and O–H groups in total. The molecule has 3 heteroatoms. The standard InChI is InChI=1S/C17H32N2O/c1-8-9-19(13(2)3)12-15-10-14(4)16(20-15)11-18-17(5,6)7/h10,13,18H,8-9,11-12H2,1-7H3. The zero-order valence-electron chi connectivity index (χ0n) is 14.3. The molecule has 0 fully saturated rings. The first-order valence-corrected chi connectivity index (χ1v) is 7.80. The van der Waals surface area contributed by atoms with E-state index < -0.39 is 0 Å².